The van der Waals surface area contributed by atoms with Gasteiger partial charge in [0.2, 0.25) is 0 Å². The number of anilines is 2. The molecular formula is C21H21ClN4O2. The highest BCUT2D eigenvalue weighted by atomic mass is 35.5. The van der Waals surface area contributed by atoms with Gasteiger partial charge in [-0.1, -0.05) is 23.7 Å². The van der Waals surface area contributed by atoms with Crippen LogP contribution in [0.1, 0.15) is 28.8 Å². The summed E-state index contributed by atoms with van der Waals surface area (Å²) < 4.78 is 5.40. The molecule has 144 valence electrons. The summed E-state index contributed by atoms with van der Waals surface area (Å²) in [5.41, 5.74) is 2.02. The van der Waals surface area contributed by atoms with E-state index in [-0.39, 0.29) is 5.91 Å². The molecule has 0 saturated heterocycles. The maximum absolute atomic E-state index is 12.6. The van der Waals surface area contributed by atoms with Crippen molar-refractivity contribution in [3.8, 4) is 5.75 Å². The fourth-order valence-corrected chi connectivity index (χ4v) is 2.69. The van der Waals surface area contributed by atoms with Crippen LogP contribution in [0.2, 0.25) is 5.02 Å². The zero-order valence-electron chi connectivity index (χ0n) is 15.7. The molecule has 7 heteroatoms. The summed E-state index contributed by atoms with van der Waals surface area (Å²) in [6, 6.07) is 16.4. The van der Waals surface area contributed by atoms with Crippen LogP contribution in [0.5, 0.6) is 5.75 Å². The number of nitrogens with zero attached hydrogens (tertiary/aromatic N) is 2. The highest BCUT2D eigenvalue weighted by Crippen LogP contribution is 2.17. The topological polar surface area (TPSA) is 76.1 Å². The van der Waals surface area contributed by atoms with Crippen LogP contribution in [-0.4, -0.2) is 22.5 Å². The highest BCUT2D eigenvalue weighted by Gasteiger charge is 2.11. The summed E-state index contributed by atoms with van der Waals surface area (Å²) >= 11 is 5.90. The maximum Gasteiger partial charge on any atom is 0.274 e. The van der Waals surface area contributed by atoms with Gasteiger partial charge in [-0.05, 0) is 55.8 Å². The molecule has 2 aromatic carbocycles. The number of aromatic nitrogens is 2. The lowest BCUT2D eigenvalue weighted by molar-refractivity contribution is 0.102. The van der Waals surface area contributed by atoms with Crippen LogP contribution >= 0.6 is 11.6 Å². The number of benzene rings is 2. The Morgan fingerprint density at radius 1 is 1.07 bits per heavy atom. The molecule has 0 aliphatic heterocycles. The highest BCUT2D eigenvalue weighted by molar-refractivity contribution is 6.30. The van der Waals surface area contributed by atoms with Crippen LogP contribution in [0.3, 0.4) is 0 Å². The van der Waals surface area contributed by atoms with Gasteiger partial charge in [0.25, 0.3) is 5.91 Å². The number of ether oxygens (including phenoxy) is 1. The normalized spacial score (nSPS) is 10.4. The number of hydrogen-bond acceptors (Lipinski definition) is 5. The van der Waals surface area contributed by atoms with Gasteiger partial charge in [0, 0.05) is 23.3 Å². The Morgan fingerprint density at radius 2 is 1.79 bits per heavy atom. The van der Waals surface area contributed by atoms with Crippen molar-refractivity contribution < 1.29 is 9.53 Å². The average Bonchev–Trinajstić information content (AvgIpc) is 2.69. The third-order valence-electron chi connectivity index (χ3n) is 3.88. The number of amides is 1. The van der Waals surface area contributed by atoms with E-state index in [1.165, 1.54) is 0 Å². The van der Waals surface area contributed by atoms with Crippen molar-refractivity contribution >= 4 is 29.0 Å². The van der Waals surface area contributed by atoms with Gasteiger partial charge in [0.05, 0.1) is 6.61 Å². The molecule has 1 aromatic heterocycles. The summed E-state index contributed by atoms with van der Waals surface area (Å²) in [5.74, 6) is 1.55. The lowest BCUT2D eigenvalue weighted by atomic mass is 10.2. The minimum Gasteiger partial charge on any atom is -0.494 e. The molecule has 0 spiro atoms. The molecule has 0 aliphatic carbocycles. The third-order valence-corrected chi connectivity index (χ3v) is 4.13. The summed E-state index contributed by atoms with van der Waals surface area (Å²) in [6.07, 6.45) is 0. The smallest absolute Gasteiger partial charge is 0.274 e. The van der Waals surface area contributed by atoms with Crippen LogP contribution in [0.15, 0.2) is 54.6 Å². The third kappa shape index (κ3) is 5.44. The van der Waals surface area contributed by atoms with Crippen molar-refractivity contribution in [1.29, 1.82) is 0 Å². The molecule has 2 N–H and O–H groups in total. The Balaban J connectivity index is 1.67. The fourth-order valence-electron chi connectivity index (χ4n) is 2.57. The van der Waals surface area contributed by atoms with E-state index < -0.39 is 0 Å². The first-order valence-electron chi connectivity index (χ1n) is 8.91. The molecular weight excluding hydrogens is 376 g/mol. The Kier molecular flexibility index (Phi) is 6.45. The van der Waals surface area contributed by atoms with Gasteiger partial charge < -0.3 is 15.4 Å². The zero-order valence-corrected chi connectivity index (χ0v) is 16.5. The van der Waals surface area contributed by atoms with E-state index in [0.717, 1.165) is 11.3 Å². The molecule has 1 amide bonds. The van der Waals surface area contributed by atoms with Gasteiger partial charge in [0.15, 0.2) is 0 Å². The second-order valence-corrected chi connectivity index (χ2v) is 6.51. The lowest BCUT2D eigenvalue weighted by Crippen LogP contribution is -2.15. The van der Waals surface area contributed by atoms with Crippen molar-refractivity contribution in [3.05, 3.63) is 76.7 Å². The Bertz CT molecular complexity index is 944. The number of carbonyl (C=O) groups is 1. The maximum atomic E-state index is 12.6. The molecule has 28 heavy (non-hydrogen) atoms. The first kappa shape index (κ1) is 19.6. The number of carbonyl (C=O) groups excluding carboxylic acids is 1. The van der Waals surface area contributed by atoms with Crippen LogP contribution in [0, 0.1) is 6.92 Å². The predicted octanol–water partition coefficient (Wildman–Crippen LogP) is 4.70. The molecule has 0 aliphatic rings. The Labute approximate surface area is 168 Å². The zero-order chi connectivity index (χ0) is 19.9. The van der Waals surface area contributed by atoms with E-state index in [9.17, 15) is 4.79 Å². The number of nitrogens with one attached hydrogen (secondary N) is 2. The standard InChI is InChI=1S/C21H21ClN4O2/c1-3-28-18-10-8-17(9-11-18)26-21(27)19-12-20(25-14(2)24-19)23-13-15-4-6-16(22)7-5-15/h4-12H,3,13H2,1-2H3,(H,26,27)(H,23,24,25). The van der Waals surface area contributed by atoms with E-state index in [0.29, 0.717) is 41.2 Å². The first-order valence-corrected chi connectivity index (χ1v) is 9.29. The number of halogens is 1. The molecule has 6 nitrogen and oxygen atoms in total. The van der Waals surface area contributed by atoms with Crippen LogP contribution < -0.4 is 15.4 Å². The Hall–Kier alpha value is -3.12. The van der Waals surface area contributed by atoms with Crippen molar-refractivity contribution in [2.75, 3.05) is 17.2 Å². The molecule has 0 unspecified atom stereocenters. The van der Waals surface area contributed by atoms with E-state index in [4.69, 9.17) is 16.3 Å². The molecule has 3 rings (SSSR count). The van der Waals surface area contributed by atoms with Crippen molar-refractivity contribution in [3.63, 3.8) is 0 Å². The van der Waals surface area contributed by atoms with Crippen molar-refractivity contribution in [2.24, 2.45) is 0 Å². The molecule has 3 aromatic rings. The van der Waals surface area contributed by atoms with Crippen LogP contribution in [0.25, 0.3) is 0 Å². The van der Waals surface area contributed by atoms with Crippen LogP contribution in [0.4, 0.5) is 11.5 Å². The summed E-state index contributed by atoms with van der Waals surface area (Å²) in [7, 11) is 0. The predicted molar refractivity (Wildman–Crippen MR) is 111 cm³/mol. The quantitative estimate of drug-likeness (QED) is 0.605. The molecule has 0 radical (unpaired) electrons. The summed E-state index contributed by atoms with van der Waals surface area (Å²) in [4.78, 5) is 21.1. The Morgan fingerprint density at radius 3 is 2.46 bits per heavy atom. The molecule has 0 atom stereocenters. The number of hydrogen-bond donors (Lipinski definition) is 2. The van der Waals surface area contributed by atoms with Crippen molar-refractivity contribution in [2.45, 2.75) is 20.4 Å². The largest absolute Gasteiger partial charge is 0.494 e. The van der Waals surface area contributed by atoms with Gasteiger partial charge in [-0.2, -0.15) is 0 Å². The first-order chi connectivity index (χ1) is 13.5. The summed E-state index contributed by atoms with van der Waals surface area (Å²) in [5, 5.41) is 6.74. The molecule has 0 saturated carbocycles. The minimum absolute atomic E-state index is 0.292. The van der Waals surface area contributed by atoms with Gasteiger partial charge in [-0.3, -0.25) is 4.79 Å². The SMILES string of the molecule is CCOc1ccc(NC(=O)c2cc(NCc3ccc(Cl)cc3)nc(C)n2)cc1. The van der Waals surface area contributed by atoms with Gasteiger partial charge in [-0.25, -0.2) is 9.97 Å². The number of aryl methyl sites for hydroxylation is 1. The van der Waals surface area contributed by atoms with E-state index in [1.54, 1.807) is 25.1 Å². The van der Waals surface area contributed by atoms with Gasteiger partial charge >= 0.3 is 0 Å². The molecule has 0 bridgehead atoms. The second kappa shape index (κ2) is 9.19. The van der Waals surface area contributed by atoms with E-state index in [2.05, 4.69) is 20.6 Å². The lowest BCUT2D eigenvalue weighted by Gasteiger charge is -2.10. The molecule has 1 heterocycles. The fraction of sp³-hybridized carbons (Fsp3) is 0.190. The van der Waals surface area contributed by atoms with E-state index >= 15 is 0 Å². The monoisotopic (exact) mass is 396 g/mol. The second-order valence-electron chi connectivity index (χ2n) is 6.08. The minimum atomic E-state index is -0.302. The van der Waals surface area contributed by atoms with Crippen molar-refractivity contribution in [1.82, 2.24) is 9.97 Å². The number of rotatable bonds is 7. The van der Waals surface area contributed by atoms with Gasteiger partial charge in [0.1, 0.15) is 23.1 Å². The van der Waals surface area contributed by atoms with Crippen LogP contribution in [-0.2, 0) is 6.54 Å². The van der Waals surface area contributed by atoms with Gasteiger partial charge in [-0.15, -0.1) is 0 Å². The van der Waals surface area contributed by atoms with E-state index in [1.807, 2.05) is 43.3 Å². The average molecular weight is 397 g/mol. The molecule has 0 fully saturated rings. The summed E-state index contributed by atoms with van der Waals surface area (Å²) in [6.45, 7) is 4.83.